The summed E-state index contributed by atoms with van der Waals surface area (Å²) in [5.74, 6) is -0.143. The maximum Gasteiger partial charge on any atom is 0.276 e. The molecule has 1 amide bonds. The van der Waals surface area contributed by atoms with Gasteiger partial charge in [-0.2, -0.15) is 0 Å². The first-order chi connectivity index (χ1) is 8.74. The Kier molecular flexibility index (Phi) is 3.57. The van der Waals surface area contributed by atoms with Crippen LogP contribution < -0.4 is 10.6 Å². The van der Waals surface area contributed by atoms with E-state index in [0.29, 0.717) is 17.9 Å². The lowest BCUT2D eigenvalue weighted by Gasteiger charge is -2.22. The van der Waals surface area contributed by atoms with E-state index in [1.54, 1.807) is 35.4 Å². The number of carbonyl (C=O) groups is 1. The van der Waals surface area contributed by atoms with E-state index in [1.165, 1.54) is 0 Å². The molecule has 0 spiro atoms. The standard InChI is InChI=1S/C14H15N3O/c1-2-17(13-9-4-3-7-11(13)15)14(18)12-8-5-6-10-16-12/h3-10H,2,15H2,1H3. The van der Waals surface area contributed by atoms with Gasteiger partial charge in [-0.3, -0.25) is 9.78 Å². The number of benzene rings is 1. The molecule has 0 saturated carbocycles. The normalized spacial score (nSPS) is 10.1. The summed E-state index contributed by atoms with van der Waals surface area (Å²) in [4.78, 5) is 18.0. The van der Waals surface area contributed by atoms with Gasteiger partial charge in [0.1, 0.15) is 5.69 Å². The molecule has 0 saturated heterocycles. The van der Waals surface area contributed by atoms with Gasteiger partial charge in [0.2, 0.25) is 0 Å². The van der Waals surface area contributed by atoms with Crippen molar-refractivity contribution >= 4 is 17.3 Å². The minimum atomic E-state index is -0.143. The van der Waals surface area contributed by atoms with Crippen LogP contribution >= 0.6 is 0 Å². The Balaban J connectivity index is 2.36. The Bertz CT molecular complexity index is 540. The second-order valence-corrected chi connectivity index (χ2v) is 3.82. The van der Waals surface area contributed by atoms with Crippen LogP contribution in [0.1, 0.15) is 17.4 Å². The molecular weight excluding hydrogens is 226 g/mol. The van der Waals surface area contributed by atoms with Gasteiger partial charge in [0, 0.05) is 12.7 Å². The lowest BCUT2D eigenvalue weighted by Crippen LogP contribution is -2.31. The van der Waals surface area contributed by atoms with Crippen molar-refractivity contribution in [1.82, 2.24) is 4.98 Å². The Morgan fingerprint density at radius 2 is 1.94 bits per heavy atom. The zero-order valence-corrected chi connectivity index (χ0v) is 10.2. The molecule has 0 bridgehead atoms. The van der Waals surface area contributed by atoms with Crippen molar-refractivity contribution in [3.05, 3.63) is 54.4 Å². The maximum atomic E-state index is 12.3. The number of nitrogen functional groups attached to an aromatic ring is 1. The molecule has 1 aromatic heterocycles. The number of hydrogen-bond acceptors (Lipinski definition) is 3. The fourth-order valence-electron chi connectivity index (χ4n) is 1.78. The fourth-order valence-corrected chi connectivity index (χ4v) is 1.78. The first kappa shape index (κ1) is 12.1. The van der Waals surface area contributed by atoms with E-state index in [4.69, 9.17) is 5.73 Å². The molecule has 2 aromatic rings. The number of amides is 1. The molecule has 0 aliphatic rings. The Morgan fingerprint density at radius 3 is 2.56 bits per heavy atom. The third kappa shape index (κ3) is 2.32. The number of rotatable bonds is 3. The summed E-state index contributed by atoms with van der Waals surface area (Å²) < 4.78 is 0. The van der Waals surface area contributed by atoms with Crippen LogP contribution in [0, 0.1) is 0 Å². The van der Waals surface area contributed by atoms with E-state index >= 15 is 0 Å². The summed E-state index contributed by atoms with van der Waals surface area (Å²) in [5, 5.41) is 0. The predicted octanol–water partition coefficient (Wildman–Crippen LogP) is 2.33. The molecule has 1 aromatic carbocycles. The van der Waals surface area contributed by atoms with Gasteiger partial charge >= 0.3 is 0 Å². The minimum Gasteiger partial charge on any atom is -0.397 e. The Hall–Kier alpha value is -2.36. The molecule has 2 rings (SSSR count). The summed E-state index contributed by atoms with van der Waals surface area (Å²) in [6.45, 7) is 2.46. The molecule has 1 heterocycles. The fraction of sp³-hybridized carbons (Fsp3) is 0.143. The van der Waals surface area contributed by atoms with Crippen LogP contribution in [0.5, 0.6) is 0 Å². The monoisotopic (exact) mass is 241 g/mol. The van der Waals surface area contributed by atoms with E-state index in [9.17, 15) is 4.79 Å². The summed E-state index contributed by atoms with van der Waals surface area (Å²) in [7, 11) is 0. The van der Waals surface area contributed by atoms with E-state index < -0.39 is 0 Å². The molecule has 2 N–H and O–H groups in total. The molecule has 0 unspecified atom stereocenters. The van der Waals surface area contributed by atoms with Gasteiger partial charge in [0.25, 0.3) is 5.91 Å². The lowest BCUT2D eigenvalue weighted by molar-refractivity contribution is 0.0983. The molecule has 18 heavy (non-hydrogen) atoms. The van der Waals surface area contributed by atoms with Gasteiger partial charge in [-0.25, -0.2) is 0 Å². The SMILES string of the molecule is CCN(C(=O)c1ccccn1)c1ccccc1N. The van der Waals surface area contributed by atoms with Crippen molar-refractivity contribution in [2.75, 3.05) is 17.2 Å². The highest BCUT2D eigenvalue weighted by Crippen LogP contribution is 2.23. The van der Waals surface area contributed by atoms with Crippen molar-refractivity contribution < 1.29 is 4.79 Å². The van der Waals surface area contributed by atoms with Crippen LogP contribution in [0.15, 0.2) is 48.7 Å². The molecule has 0 aliphatic heterocycles. The zero-order chi connectivity index (χ0) is 13.0. The third-order valence-electron chi connectivity index (χ3n) is 2.67. The molecule has 4 heteroatoms. The number of para-hydroxylation sites is 2. The molecule has 0 aliphatic carbocycles. The summed E-state index contributed by atoms with van der Waals surface area (Å²) >= 11 is 0. The highest BCUT2D eigenvalue weighted by molar-refractivity contribution is 6.06. The molecule has 4 nitrogen and oxygen atoms in total. The Morgan fingerprint density at radius 1 is 1.22 bits per heavy atom. The summed E-state index contributed by atoms with van der Waals surface area (Å²) in [6, 6.07) is 12.6. The van der Waals surface area contributed by atoms with Crippen LogP contribution in [0.3, 0.4) is 0 Å². The van der Waals surface area contributed by atoms with Crippen molar-refractivity contribution in [3.8, 4) is 0 Å². The van der Waals surface area contributed by atoms with E-state index in [2.05, 4.69) is 4.98 Å². The van der Waals surface area contributed by atoms with Crippen molar-refractivity contribution in [2.45, 2.75) is 6.92 Å². The average molecular weight is 241 g/mol. The summed E-state index contributed by atoms with van der Waals surface area (Å²) in [6.07, 6.45) is 1.61. The number of anilines is 2. The maximum absolute atomic E-state index is 12.3. The summed E-state index contributed by atoms with van der Waals surface area (Å²) in [5.41, 5.74) is 7.62. The van der Waals surface area contributed by atoms with Gasteiger partial charge in [-0.05, 0) is 31.2 Å². The zero-order valence-electron chi connectivity index (χ0n) is 10.2. The first-order valence-corrected chi connectivity index (χ1v) is 5.81. The van der Waals surface area contributed by atoms with Gasteiger partial charge < -0.3 is 10.6 Å². The topological polar surface area (TPSA) is 59.2 Å². The van der Waals surface area contributed by atoms with Crippen LogP contribution in [-0.4, -0.2) is 17.4 Å². The molecule has 0 atom stereocenters. The van der Waals surface area contributed by atoms with E-state index in [-0.39, 0.29) is 5.91 Å². The smallest absolute Gasteiger partial charge is 0.276 e. The van der Waals surface area contributed by atoms with Crippen LogP contribution in [0.25, 0.3) is 0 Å². The second-order valence-electron chi connectivity index (χ2n) is 3.82. The van der Waals surface area contributed by atoms with E-state index in [0.717, 1.165) is 5.69 Å². The van der Waals surface area contributed by atoms with Crippen LogP contribution in [-0.2, 0) is 0 Å². The number of nitrogens with two attached hydrogens (primary N) is 1. The molecule has 92 valence electrons. The van der Waals surface area contributed by atoms with Gasteiger partial charge in [0.15, 0.2) is 0 Å². The highest BCUT2D eigenvalue weighted by Gasteiger charge is 2.18. The third-order valence-corrected chi connectivity index (χ3v) is 2.67. The van der Waals surface area contributed by atoms with Crippen LogP contribution in [0.2, 0.25) is 0 Å². The lowest BCUT2D eigenvalue weighted by atomic mass is 10.2. The highest BCUT2D eigenvalue weighted by atomic mass is 16.2. The Labute approximate surface area is 106 Å². The van der Waals surface area contributed by atoms with E-state index in [1.807, 2.05) is 25.1 Å². The second kappa shape index (κ2) is 5.31. The van der Waals surface area contributed by atoms with Gasteiger partial charge in [-0.15, -0.1) is 0 Å². The minimum absolute atomic E-state index is 0.143. The number of hydrogen-bond donors (Lipinski definition) is 1. The van der Waals surface area contributed by atoms with Gasteiger partial charge in [-0.1, -0.05) is 18.2 Å². The molecule has 0 radical (unpaired) electrons. The predicted molar refractivity (Wildman–Crippen MR) is 72.4 cm³/mol. The van der Waals surface area contributed by atoms with Gasteiger partial charge in [0.05, 0.1) is 11.4 Å². The number of pyridine rings is 1. The van der Waals surface area contributed by atoms with Crippen molar-refractivity contribution in [1.29, 1.82) is 0 Å². The number of nitrogens with zero attached hydrogens (tertiary/aromatic N) is 2. The molecule has 0 fully saturated rings. The van der Waals surface area contributed by atoms with Crippen molar-refractivity contribution in [3.63, 3.8) is 0 Å². The quantitative estimate of drug-likeness (QED) is 0.839. The average Bonchev–Trinajstić information content (AvgIpc) is 2.42. The first-order valence-electron chi connectivity index (χ1n) is 5.81. The van der Waals surface area contributed by atoms with Crippen LogP contribution in [0.4, 0.5) is 11.4 Å². The molecular formula is C14H15N3O. The van der Waals surface area contributed by atoms with Crippen molar-refractivity contribution in [2.24, 2.45) is 0 Å². The number of aromatic nitrogens is 1. The number of carbonyl (C=O) groups excluding carboxylic acids is 1. The largest absolute Gasteiger partial charge is 0.397 e.